The molecule has 11 atom stereocenters. The number of nitrogens with one attached hydrogen (secondary N) is 3. The van der Waals surface area contributed by atoms with Gasteiger partial charge >= 0.3 is 5.97 Å². The van der Waals surface area contributed by atoms with Crippen molar-refractivity contribution in [3.05, 3.63) is 0 Å². The van der Waals surface area contributed by atoms with Crippen LogP contribution in [0, 0.1) is 0 Å². The van der Waals surface area contributed by atoms with Gasteiger partial charge in [-0.2, -0.15) is 0 Å². The van der Waals surface area contributed by atoms with Crippen molar-refractivity contribution >= 4 is 35.5 Å². The molecule has 22 nitrogen and oxygen atoms in total. The Morgan fingerprint density at radius 2 is 1.33 bits per heavy atom. The molecule has 0 aromatic rings. The van der Waals surface area contributed by atoms with Crippen LogP contribution in [-0.2, 0) is 52.6 Å². The molecule has 1 unspecified atom stereocenters. The molecule has 52 heavy (non-hydrogen) atoms. The van der Waals surface area contributed by atoms with Crippen LogP contribution < -0.4 is 16.0 Å². The molecule has 296 valence electrons. The third-order valence-corrected chi connectivity index (χ3v) is 8.32. The molecule has 0 saturated carbocycles. The molecular weight excluding hydrogens is 704 g/mol. The minimum absolute atomic E-state index is 0.0617. The second kappa shape index (κ2) is 20.7. The third kappa shape index (κ3) is 12.3. The van der Waals surface area contributed by atoms with E-state index in [9.17, 15) is 64.5 Å². The molecule has 0 radical (unpaired) electrons. The first-order chi connectivity index (χ1) is 24.6. The van der Waals surface area contributed by atoms with E-state index in [-0.39, 0.29) is 64.8 Å². The highest BCUT2D eigenvalue weighted by Gasteiger charge is 2.44. The molecular formula is C30H48N4O18. The van der Waals surface area contributed by atoms with Gasteiger partial charge in [0.05, 0.1) is 32.3 Å². The topological polar surface area (TPSA) is 330 Å². The standard InChI is InChI=1S/C30H48N4O18/c1-14-22(41)24(43)26(45)29(50-14)48-10-8-31-18(37)12-15(28(47)32-9-11-49-30-27(46)25(44)23(42)16(13-35)51-30)33-17(36)4-2-3-5-21(40)52-34-19(38)6-7-20(34)39/h14-16,22-27,29-30,35,41-46H,2-13H2,1H3,(H,31,37)(H,32,47)(H,33,36)/t14-,15?,16+,22+,23+,24+,25-,26-,27-,29+,30-/m0/s1. The Morgan fingerprint density at radius 3 is 1.94 bits per heavy atom. The highest BCUT2D eigenvalue weighted by molar-refractivity contribution is 6.01. The summed E-state index contributed by atoms with van der Waals surface area (Å²) in [5.41, 5.74) is 0. The number of ether oxygens (including phenoxy) is 4. The predicted molar refractivity (Wildman–Crippen MR) is 166 cm³/mol. The summed E-state index contributed by atoms with van der Waals surface area (Å²) in [5, 5.41) is 76.8. The minimum Gasteiger partial charge on any atom is -0.394 e. The first kappa shape index (κ1) is 43.0. The molecule has 5 amide bonds. The van der Waals surface area contributed by atoms with Crippen molar-refractivity contribution in [3.8, 4) is 0 Å². The van der Waals surface area contributed by atoms with Crippen LogP contribution in [0.25, 0.3) is 0 Å². The zero-order valence-electron chi connectivity index (χ0n) is 28.4. The van der Waals surface area contributed by atoms with Gasteiger partial charge in [-0.25, -0.2) is 4.79 Å². The van der Waals surface area contributed by atoms with E-state index >= 15 is 0 Å². The average molecular weight is 753 g/mol. The van der Waals surface area contributed by atoms with Crippen molar-refractivity contribution in [2.75, 3.05) is 32.9 Å². The average Bonchev–Trinajstić information content (AvgIpc) is 3.42. The van der Waals surface area contributed by atoms with E-state index in [4.69, 9.17) is 23.8 Å². The summed E-state index contributed by atoms with van der Waals surface area (Å²) in [6.45, 7) is -0.0902. The fourth-order valence-electron chi connectivity index (χ4n) is 5.29. The fourth-order valence-corrected chi connectivity index (χ4v) is 5.29. The molecule has 3 rings (SSSR count). The van der Waals surface area contributed by atoms with Gasteiger partial charge in [0.2, 0.25) is 17.7 Å². The van der Waals surface area contributed by atoms with Gasteiger partial charge in [0.25, 0.3) is 11.8 Å². The number of nitrogens with zero attached hydrogens (tertiary/aromatic N) is 1. The number of imide groups is 1. The van der Waals surface area contributed by atoms with Gasteiger partial charge in [-0.1, -0.05) is 0 Å². The smallest absolute Gasteiger partial charge is 0.333 e. The molecule has 0 spiro atoms. The highest BCUT2D eigenvalue weighted by Crippen LogP contribution is 2.23. The summed E-state index contributed by atoms with van der Waals surface area (Å²) in [4.78, 5) is 78.5. The zero-order chi connectivity index (χ0) is 38.5. The van der Waals surface area contributed by atoms with Gasteiger partial charge in [0.1, 0.15) is 48.8 Å². The monoisotopic (exact) mass is 752 g/mol. The van der Waals surface area contributed by atoms with Crippen molar-refractivity contribution in [3.63, 3.8) is 0 Å². The number of hydrogen-bond donors (Lipinski definition) is 10. The van der Waals surface area contributed by atoms with Gasteiger partial charge in [-0.15, -0.1) is 5.06 Å². The van der Waals surface area contributed by atoms with Crippen LogP contribution in [0.3, 0.4) is 0 Å². The van der Waals surface area contributed by atoms with Crippen molar-refractivity contribution in [2.45, 2.75) is 119 Å². The first-order valence-corrected chi connectivity index (χ1v) is 16.8. The van der Waals surface area contributed by atoms with E-state index in [0.717, 1.165) is 0 Å². The van der Waals surface area contributed by atoms with Gasteiger partial charge < -0.3 is 75.5 Å². The maximum absolute atomic E-state index is 13.0. The number of aliphatic hydroxyl groups is 7. The number of carbonyl (C=O) groups excluding carboxylic acids is 6. The summed E-state index contributed by atoms with van der Waals surface area (Å²) in [7, 11) is 0. The summed E-state index contributed by atoms with van der Waals surface area (Å²) in [6.07, 6.45) is -15.0. The first-order valence-electron chi connectivity index (χ1n) is 16.8. The SMILES string of the molecule is C[C@@H]1O[C@@H](OCCNC(=O)CC(NC(=O)CCCCC(=O)ON2C(=O)CCC2=O)C(=O)NCCO[C@H]2O[C@H](CO)[C@@H](O)[C@H](O)[C@@H]2O)[C@@H](O)[C@H](O)[C@@H]1O. The lowest BCUT2D eigenvalue weighted by Crippen LogP contribution is -2.59. The van der Waals surface area contributed by atoms with Gasteiger partial charge in [0, 0.05) is 38.8 Å². The molecule has 3 saturated heterocycles. The summed E-state index contributed by atoms with van der Waals surface area (Å²) < 4.78 is 21.2. The lowest BCUT2D eigenvalue weighted by Gasteiger charge is -2.39. The predicted octanol–water partition coefficient (Wildman–Crippen LogP) is -6.08. The summed E-state index contributed by atoms with van der Waals surface area (Å²) >= 11 is 0. The number of amides is 5. The second-order valence-electron chi connectivity index (χ2n) is 12.3. The molecule has 3 aliphatic heterocycles. The van der Waals surface area contributed by atoms with Crippen LogP contribution in [0.2, 0.25) is 0 Å². The van der Waals surface area contributed by atoms with Crippen LogP contribution in [0.1, 0.15) is 51.9 Å². The largest absolute Gasteiger partial charge is 0.394 e. The second-order valence-corrected chi connectivity index (χ2v) is 12.3. The minimum atomic E-state index is -1.68. The van der Waals surface area contributed by atoms with Crippen molar-refractivity contribution in [1.82, 2.24) is 21.0 Å². The normalized spacial score (nSPS) is 31.2. The Kier molecular flexibility index (Phi) is 17.1. The summed E-state index contributed by atoms with van der Waals surface area (Å²) in [6, 6.07) is -1.42. The number of hydroxylamine groups is 2. The number of aliphatic hydroxyl groups excluding tert-OH is 7. The van der Waals surface area contributed by atoms with E-state index in [1.165, 1.54) is 6.92 Å². The molecule has 0 aliphatic carbocycles. The molecule has 3 heterocycles. The maximum atomic E-state index is 13.0. The molecule has 10 N–H and O–H groups in total. The fraction of sp³-hybridized carbons (Fsp3) is 0.800. The van der Waals surface area contributed by atoms with Crippen LogP contribution in [0.5, 0.6) is 0 Å². The number of carbonyl (C=O) groups is 6. The lowest BCUT2D eigenvalue weighted by atomic mass is 9.99. The van der Waals surface area contributed by atoms with Crippen molar-refractivity contribution < 1.29 is 88.3 Å². The van der Waals surface area contributed by atoms with E-state index in [1.807, 2.05) is 0 Å². The third-order valence-electron chi connectivity index (χ3n) is 8.32. The Labute approximate surface area is 297 Å². The maximum Gasteiger partial charge on any atom is 0.333 e. The lowest BCUT2D eigenvalue weighted by molar-refractivity contribution is -0.300. The molecule has 3 fully saturated rings. The highest BCUT2D eigenvalue weighted by atomic mass is 16.7. The quantitative estimate of drug-likeness (QED) is 0.0433. The molecule has 22 heteroatoms. The van der Waals surface area contributed by atoms with Crippen LogP contribution in [0.4, 0.5) is 0 Å². The van der Waals surface area contributed by atoms with Gasteiger partial charge in [0.15, 0.2) is 12.6 Å². The molecule has 0 aromatic heterocycles. The van der Waals surface area contributed by atoms with Crippen molar-refractivity contribution in [1.29, 1.82) is 0 Å². The van der Waals surface area contributed by atoms with E-state index in [1.54, 1.807) is 0 Å². The van der Waals surface area contributed by atoms with Gasteiger partial charge in [-0.05, 0) is 19.8 Å². The Hall–Kier alpha value is -3.42. The molecule has 0 bridgehead atoms. The Balaban J connectivity index is 1.47. The van der Waals surface area contributed by atoms with E-state index in [2.05, 4.69) is 16.0 Å². The van der Waals surface area contributed by atoms with Gasteiger partial charge in [-0.3, -0.25) is 24.0 Å². The Bertz CT molecular complexity index is 1220. The number of rotatable bonds is 19. The Morgan fingerprint density at radius 1 is 0.769 bits per heavy atom. The number of hydrogen-bond acceptors (Lipinski definition) is 18. The number of unbranched alkanes of at least 4 members (excludes halogenated alkanes) is 1. The van der Waals surface area contributed by atoms with Crippen molar-refractivity contribution in [2.24, 2.45) is 0 Å². The van der Waals surface area contributed by atoms with E-state index in [0.29, 0.717) is 5.06 Å². The molecule has 3 aliphatic rings. The van der Waals surface area contributed by atoms with Crippen LogP contribution in [0.15, 0.2) is 0 Å². The van der Waals surface area contributed by atoms with E-state index < -0.39 is 116 Å². The van der Waals surface area contributed by atoms with Crippen LogP contribution >= 0.6 is 0 Å². The molecule has 0 aromatic carbocycles. The van der Waals surface area contributed by atoms with Crippen LogP contribution in [-0.4, -0.2) is 177 Å². The summed E-state index contributed by atoms with van der Waals surface area (Å²) in [5.74, 6) is -4.30. The zero-order valence-corrected chi connectivity index (χ0v) is 28.4.